The summed E-state index contributed by atoms with van der Waals surface area (Å²) in [5.74, 6) is 0. The first-order chi connectivity index (χ1) is 24.0. The fourth-order valence-corrected chi connectivity index (χ4v) is 8.12. The third-order valence-electron chi connectivity index (χ3n) is 10.6. The first-order valence-corrected chi connectivity index (χ1v) is 17.0. The summed E-state index contributed by atoms with van der Waals surface area (Å²) < 4.78 is 6.30. The number of benzene rings is 8. The Morgan fingerprint density at radius 2 is 1.08 bits per heavy atom. The molecule has 0 unspecified atom stereocenters. The van der Waals surface area contributed by atoms with Crippen molar-refractivity contribution in [2.45, 2.75) is 19.3 Å². The van der Waals surface area contributed by atoms with Gasteiger partial charge >= 0.3 is 0 Å². The Labute approximate surface area is 285 Å². The van der Waals surface area contributed by atoms with Gasteiger partial charge in [0.2, 0.25) is 0 Å². The minimum atomic E-state index is -0.0984. The normalized spacial score (nSPS) is 13.3. The zero-order valence-electron chi connectivity index (χ0n) is 27.4. The van der Waals surface area contributed by atoms with E-state index in [4.69, 9.17) is 4.42 Å². The highest BCUT2D eigenvalue weighted by Crippen LogP contribution is 2.51. The molecule has 49 heavy (non-hydrogen) atoms. The van der Waals surface area contributed by atoms with Crippen molar-refractivity contribution in [3.05, 3.63) is 175 Å². The monoisotopic (exact) mass is 627 g/mol. The molecule has 0 saturated carbocycles. The van der Waals surface area contributed by atoms with Gasteiger partial charge in [-0.2, -0.15) is 0 Å². The molecule has 0 radical (unpaired) electrons. The zero-order valence-corrected chi connectivity index (χ0v) is 27.4. The molecule has 0 atom stereocenters. The Hall–Kier alpha value is -6.12. The van der Waals surface area contributed by atoms with Crippen LogP contribution in [0.4, 0.5) is 17.1 Å². The molecule has 0 fully saturated rings. The van der Waals surface area contributed by atoms with Crippen molar-refractivity contribution < 1.29 is 4.42 Å². The Kier molecular flexibility index (Phi) is 5.95. The van der Waals surface area contributed by atoms with Crippen LogP contribution in [0.1, 0.15) is 25.0 Å². The first-order valence-electron chi connectivity index (χ1n) is 17.0. The Morgan fingerprint density at radius 3 is 1.98 bits per heavy atom. The molecule has 0 N–H and O–H groups in total. The molecule has 9 aromatic rings. The van der Waals surface area contributed by atoms with Crippen molar-refractivity contribution in [2.75, 3.05) is 4.90 Å². The van der Waals surface area contributed by atoms with Crippen LogP contribution in [0.15, 0.2) is 168 Å². The van der Waals surface area contributed by atoms with Crippen molar-refractivity contribution in [3.8, 4) is 22.3 Å². The lowest BCUT2D eigenvalue weighted by Crippen LogP contribution is -2.16. The Bertz CT molecular complexity index is 2750. The summed E-state index contributed by atoms with van der Waals surface area (Å²) in [7, 11) is 0. The maximum Gasteiger partial charge on any atom is 0.136 e. The molecule has 0 amide bonds. The van der Waals surface area contributed by atoms with Crippen LogP contribution in [0.5, 0.6) is 0 Å². The van der Waals surface area contributed by atoms with Crippen molar-refractivity contribution in [3.63, 3.8) is 0 Å². The van der Waals surface area contributed by atoms with E-state index in [2.05, 4.69) is 176 Å². The minimum Gasteiger partial charge on any atom is -0.456 e. The highest BCUT2D eigenvalue weighted by atomic mass is 16.3. The lowest BCUT2D eigenvalue weighted by atomic mass is 9.82. The van der Waals surface area contributed by atoms with Gasteiger partial charge in [0.15, 0.2) is 0 Å². The second-order valence-corrected chi connectivity index (χ2v) is 13.8. The fourth-order valence-electron chi connectivity index (χ4n) is 8.12. The molecule has 1 aliphatic rings. The summed E-state index contributed by atoms with van der Waals surface area (Å²) in [6.45, 7) is 4.70. The van der Waals surface area contributed by atoms with E-state index in [9.17, 15) is 0 Å². The average Bonchev–Trinajstić information content (AvgIpc) is 3.64. The number of furan rings is 1. The third kappa shape index (κ3) is 4.27. The molecular formula is C47H33NO. The summed E-state index contributed by atoms with van der Waals surface area (Å²) >= 11 is 0. The molecule has 10 rings (SSSR count). The quantitative estimate of drug-likeness (QED) is 0.193. The van der Waals surface area contributed by atoms with Crippen LogP contribution in [0.2, 0.25) is 0 Å². The summed E-state index contributed by atoms with van der Waals surface area (Å²) in [6.07, 6.45) is 0. The average molecular weight is 628 g/mol. The molecule has 1 aliphatic carbocycles. The Balaban J connectivity index is 1.16. The van der Waals surface area contributed by atoms with Gasteiger partial charge < -0.3 is 9.32 Å². The molecule has 232 valence electrons. The summed E-state index contributed by atoms with van der Waals surface area (Å²) in [4.78, 5) is 2.41. The number of para-hydroxylation sites is 1. The van der Waals surface area contributed by atoms with Gasteiger partial charge in [0.25, 0.3) is 0 Å². The lowest BCUT2D eigenvalue weighted by molar-refractivity contribution is 0.660. The van der Waals surface area contributed by atoms with Gasteiger partial charge in [-0.15, -0.1) is 0 Å². The van der Waals surface area contributed by atoms with Crippen LogP contribution in [0.25, 0.3) is 65.7 Å². The topological polar surface area (TPSA) is 16.4 Å². The Morgan fingerprint density at radius 1 is 0.429 bits per heavy atom. The van der Waals surface area contributed by atoms with Gasteiger partial charge in [0.05, 0.1) is 0 Å². The summed E-state index contributed by atoms with van der Waals surface area (Å²) in [6, 6.07) is 59.6. The molecule has 2 heteroatoms. The van der Waals surface area contributed by atoms with Gasteiger partial charge in [0, 0.05) is 33.2 Å². The van der Waals surface area contributed by atoms with Gasteiger partial charge in [-0.05, 0) is 110 Å². The van der Waals surface area contributed by atoms with Crippen molar-refractivity contribution in [1.29, 1.82) is 0 Å². The van der Waals surface area contributed by atoms with Crippen LogP contribution in [0, 0.1) is 0 Å². The van der Waals surface area contributed by atoms with Crippen molar-refractivity contribution in [2.24, 2.45) is 0 Å². The largest absolute Gasteiger partial charge is 0.456 e. The predicted molar refractivity (Wildman–Crippen MR) is 206 cm³/mol. The highest BCUT2D eigenvalue weighted by molar-refractivity contribution is 6.19. The number of fused-ring (bicyclic) bond motifs is 9. The molecular weight excluding hydrogens is 595 g/mol. The number of nitrogens with zero attached hydrogens (tertiary/aromatic N) is 1. The SMILES string of the molecule is CC1(C)c2ccccc2-c2ccc(N(c3ccc(-c4ccc5ccccc5c4)cc3)c3ccc4ccc5oc6ccccc6c5c4c3)cc21. The molecule has 1 heterocycles. The van der Waals surface area contributed by atoms with Gasteiger partial charge in [-0.25, -0.2) is 0 Å². The molecule has 2 nitrogen and oxygen atoms in total. The van der Waals surface area contributed by atoms with Crippen LogP contribution in [-0.2, 0) is 5.41 Å². The smallest absolute Gasteiger partial charge is 0.136 e. The van der Waals surface area contributed by atoms with Gasteiger partial charge in [-0.3, -0.25) is 0 Å². The van der Waals surface area contributed by atoms with Crippen LogP contribution < -0.4 is 4.90 Å². The standard InChI is InChI=1S/C47H33NO/c1-47(2)42-13-7-5-11-38(42)39-25-24-37(29-43(39)47)48(35-21-17-31(18-22-35)34-16-15-30-9-3-4-10-33(30)27-34)36-23-19-32-20-26-45-46(41(32)28-36)40-12-6-8-14-44(40)49-45/h3-29H,1-2H3. The van der Waals surface area contributed by atoms with Gasteiger partial charge in [-0.1, -0.05) is 123 Å². The molecule has 8 aromatic carbocycles. The van der Waals surface area contributed by atoms with E-state index in [1.54, 1.807) is 0 Å². The van der Waals surface area contributed by atoms with Crippen molar-refractivity contribution in [1.82, 2.24) is 0 Å². The highest BCUT2D eigenvalue weighted by Gasteiger charge is 2.35. The number of hydrogen-bond donors (Lipinski definition) is 0. The second kappa shape index (κ2) is 10.4. The second-order valence-electron chi connectivity index (χ2n) is 13.8. The van der Waals surface area contributed by atoms with E-state index < -0.39 is 0 Å². The molecule has 0 bridgehead atoms. The molecule has 0 saturated heterocycles. The first kappa shape index (κ1) is 27.9. The predicted octanol–water partition coefficient (Wildman–Crippen LogP) is 13.3. The van der Waals surface area contributed by atoms with E-state index in [1.807, 2.05) is 6.07 Å². The van der Waals surface area contributed by atoms with E-state index in [0.29, 0.717) is 0 Å². The maximum atomic E-state index is 6.30. The van der Waals surface area contributed by atoms with Crippen LogP contribution >= 0.6 is 0 Å². The van der Waals surface area contributed by atoms with E-state index in [1.165, 1.54) is 54.9 Å². The third-order valence-corrected chi connectivity index (χ3v) is 10.6. The van der Waals surface area contributed by atoms with Gasteiger partial charge in [0.1, 0.15) is 11.2 Å². The van der Waals surface area contributed by atoms with Crippen LogP contribution in [0.3, 0.4) is 0 Å². The van der Waals surface area contributed by atoms with E-state index >= 15 is 0 Å². The van der Waals surface area contributed by atoms with Crippen molar-refractivity contribution >= 4 is 60.5 Å². The number of anilines is 3. The van der Waals surface area contributed by atoms with E-state index in [-0.39, 0.29) is 5.41 Å². The lowest BCUT2D eigenvalue weighted by Gasteiger charge is -2.28. The zero-order chi connectivity index (χ0) is 32.7. The summed E-state index contributed by atoms with van der Waals surface area (Å²) in [5, 5.41) is 7.19. The summed E-state index contributed by atoms with van der Waals surface area (Å²) in [5.41, 5.74) is 12.9. The fraction of sp³-hybridized carbons (Fsp3) is 0.0638. The number of hydrogen-bond acceptors (Lipinski definition) is 2. The van der Waals surface area contributed by atoms with Crippen LogP contribution in [-0.4, -0.2) is 0 Å². The molecule has 1 aromatic heterocycles. The number of rotatable bonds is 4. The van der Waals surface area contributed by atoms with E-state index in [0.717, 1.165) is 39.0 Å². The minimum absolute atomic E-state index is 0.0984. The molecule has 0 aliphatic heterocycles. The maximum absolute atomic E-state index is 6.30. The molecule has 0 spiro atoms.